The zero-order valence-electron chi connectivity index (χ0n) is 9.77. The topological polar surface area (TPSA) is 27.1 Å². The summed E-state index contributed by atoms with van der Waals surface area (Å²) in [4.78, 5) is 3.99. The number of benzene rings is 1. The number of aromatic nitrogens is 2. The van der Waals surface area contributed by atoms with E-state index in [4.69, 9.17) is 16.3 Å². The summed E-state index contributed by atoms with van der Waals surface area (Å²) in [6, 6.07) is 5.79. The quantitative estimate of drug-likeness (QED) is 0.762. The van der Waals surface area contributed by atoms with Crippen LogP contribution in [-0.2, 0) is 6.54 Å². The predicted molar refractivity (Wildman–Crippen MR) is 68.5 cm³/mol. The van der Waals surface area contributed by atoms with Crippen molar-refractivity contribution >= 4 is 11.6 Å². The van der Waals surface area contributed by atoms with Crippen LogP contribution >= 0.6 is 11.6 Å². The van der Waals surface area contributed by atoms with Gasteiger partial charge in [-0.3, -0.25) is 0 Å². The number of hydrogen-bond acceptors (Lipinski definition) is 2. The first-order valence-electron chi connectivity index (χ1n) is 5.60. The third kappa shape index (κ3) is 3.49. The molecule has 0 bridgehead atoms. The van der Waals surface area contributed by atoms with Gasteiger partial charge >= 0.3 is 0 Å². The maximum Gasteiger partial charge on any atom is 0.138 e. The third-order valence-electron chi connectivity index (χ3n) is 2.46. The van der Waals surface area contributed by atoms with Crippen molar-refractivity contribution in [3.63, 3.8) is 0 Å². The number of aryl methyl sites for hydroxylation is 2. The van der Waals surface area contributed by atoms with Crippen LogP contribution in [0.4, 0.5) is 0 Å². The summed E-state index contributed by atoms with van der Waals surface area (Å²) in [7, 11) is 0. The molecule has 0 spiro atoms. The van der Waals surface area contributed by atoms with Gasteiger partial charge in [0.05, 0.1) is 18.0 Å². The van der Waals surface area contributed by atoms with Crippen LogP contribution in [-0.4, -0.2) is 16.2 Å². The minimum Gasteiger partial charge on any atom is -0.492 e. The van der Waals surface area contributed by atoms with Crippen molar-refractivity contribution in [2.24, 2.45) is 0 Å². The van der Waals surface area contributed by atoms with Crippen LogP contribution in [0.15, 0.2) is 36.9 Å². The monoisotopic (exact) mass is 250 g/mol. The Morgan fingerprint density at radius 3 is 3.06 bits per heavy atom. The summed E-state index contributed by atoms with van der Waals surface area (Å²) in [6.45, 7) is 3.58. The molecule has 0 unspecified atom stereocenters. The van der Waals surface area contributed by atoms with Crippen LogP contribution in [0.3, 0.4) is 0 Å². The second-order valence-electron chi connectivity index (χ2n) is 3.94. The van der Waals surface area contributed by atoms with E-state index in [1.54, 1.807) is 12.5 Å². The first-order chi connectivity index (χ1) is 8.25. The lowest BCUT2D eigenvalue weighted by molar-refractivity contribution is 0.302. The van der Waals surface area contributed by atoms with E-state index in [0.717, 1.165) is 24.3 Å². The Morgan fingerprint density at radius 1 is 1.41 bits per heavy atom. The maximum atomic E-state index is 6.03. The molecule has 0 atom stereocenters. The number of halogens is 1. The van der Waals surface area contributed by atoms with E-state index in [-0.39, 0.29) is 0 Å². The molecule has 17 heavy (non-hydrogen) atoms. The largest absolute Gasteiger partial charge is 0.492 e. The summed E-state index contributed by atoms with van der Waals surface area (Å²) in [6.07, 6.45) is 6.46. The van der Waals surface area contributed by atoms with E-state index in [0.29, 0.717) is 11.6 Å². The Labute approximate surface area is 106 Å². The lowest BCUT2D eigenvalue weighted by Crippen LogP contribution is -2.03. The summed E-state index contributed by atoms with van der Waals surface area (Å²) in [5, 5.41) is 0.665. The number of rotatable bonds is 5. The fourth-order valence-electron chi connectivity index (χ4n) is 1.57. The highest BCUT2D eigenvalue weighted by Crippen LogP contribution is 2.25. The molecule has 0 amide bonds. The van der Waals surface area contributed by atoms with Gasteiger partial charge in [0.2, 0.25) is 0 Å². The molecule has 0 saturated carbocycles. The van der Waals surface area contributed by atoms with Gasteiger partial charge in [0.1, 0.15) is 5.75 Å². The lowest BCUT2D eigenvalue weighted by Gasteiger charge is -2.09. The summed E-state index contributed by atoms with van der Waals surface area (Å²) in [5.41, 5.74) is 1.15. The Kier molecular flexibility index (Phi) is 4.04. The van der Waals surface area contributed by atoms with Crippen molar-refractivity contribution in [2.45, 2.75) is 19.9 Å². The molecule has 1 aromatic carbocycles. The number of imidazole rings is 1. The second-order valence-corrected chi connectivity index (χ2v) is 4.34. The molecule has 4 heteroatoms. The zero-order chi connectivity index (χ0) is 12.1. The van der Waals surface area contributed by atoms with Crippen LogP contribution in [0.1, 0.15) is 12.0 Å². The normalized spacial score (nSPS) is 10.5. The summed E-state index contributed by atoms with van der Waals surface area (Å²) in [5.74, 6) is 0.761. The van der Waals surface area contributed by atoms with Crippen molar-refractivity contribution in [1.82, 2.24) is 9.55 Å². The highest BCUT2D eigenvalue weighted by Gasteiger charge is 2.01. The van der Waals surface area contributed by atoms with E-state index in [1.165, 1.54) is 0 Å². The van der Waals surface area contributed by atoms with Crippen molar-refractivity contribution in [1.29, 1.82) is 0 Å². The van der Waals surface area contributed by atoms with Crippen molar-refractivity contribution in [3.05, 3.63) is 47.5 Å². The molecule has 0 fully saturated rings. The molecule has 0 aliphatic carbocycles. The fraction of sp³-hybridized carbons (Fsp3) is 0.308. The minimum atomic E-state index is 0.654. The van der Waals surface area contributed by atoms with Crippen LogP contribution in [0, 0.1) is 6.92 Å². The second kappa shape index (κ2) is 5.73. The van der Waals surface area contributed by atoms with Gasteiger partial charge in [0.15, 0.2) is 0 Å². The van der Waals surface area contributed by atoms with Gasteiger partial charge in [0.25, 0.3) is 0 Å². The van der Waals surface area contributed by atoms with Gasteiger partial charge in [-0.05, 0) is 31.0 Å². The Bertz CT molecular complexity index is 468. The molecule has 3 nitrogen and oxygen atoms in total. The van der Waals surface area contributed by atoms with Gasteiger partial charge in [0, 0.05) is 18.9 Å². The van der Waals surface area contributed by atoms with Gasteiger partial charge in [-0.25, -0.2) is 4.98 Å². The number of hydrogen-bond donors (Lipinski definition) is 0. The van der Waals surface area contributed by atoms with E-state index in [9.17, 15) is 0 Å². The van der Waals surface area contributed by atoms with Gasteiger partial charge in [-0.1, -0.05) is 17.7 Å². The molecule has 0 saturated heterocycles. The first-order valence-corrected chi connectivity index (χ1v) is 5.98. The van der Waals surface area contributed by atoms with Gasteiger partial charge in [-0.2, -0.15) is 0 Å². The highest BCUT2D eigenvalue weighted by molar-refractivity contribution is 6.32. The molecule has 2 rings (SSSR count). The van der Waals surface area contributed by atoms with E-state index in [1.807, 2.05) is 35.9 Å². The molecule has 0 radical (unpaired) electrons. The number of ether oxygens (including phenoxy) is 1. The molecular formula is C13H15ClN2O. The summed E-state index contributed by atoms with van der Waals surface area (Å²) >= 11 is 6.03. The Hall–Kier alpha value is -1.48. The molecule has 1 heterocycles. The Balaban J connectivity index is 1.80. The van der Waals surface area contributed by atoms with Gasteiger partial charge < -0.3 is 9.30 Å². The lowest BCUT2D eigenvalue weighted by atomic mass is 10.2. The molecule has 90 valence electrons. The maximum absolute atomic E-state index is 6.03. The molecular weight excluding hydrogens is 236 g/mol. The molecule has 0 aliphatic heterocycles. The highest BCUT2D eigenvalue weighted by atomic mass is 35.5. The van der Waals surface area contributed by atoms with Crippen molar-refractivity contribution < 1.29 is 4.74 Å². The average molecular weight is 251 g/mol. The van der Waals surface area contributed by atoms with Crippen LogP contribution < -0.4 is 4.74 Å². The smallest absolute Gasteiger partial charge is 0.138 e. The Morgan fingerprint density at radius 2 is 2.29 bits per heavy atom. The van der Waals surface area contributed by atoms with E-state index < -0.39 is 0 Å². The zero-order valence-corrected chi connectivity index (χ0v) is 10.5. The van der Waals surface area contributed by atoms with Crippen molar-refractivity contribution in [3.8, 4) is 5.75 Å². The SMILES string of the molecule is Cc1ccc(Cl)c(OCCCn2ccnc2)c1. The molecule has 0 aliphatic rings. The third-order valence-corrected chi connectivity index (χ3v) is 2.78. The molecule has 2 aromatic rings. The number of nitrogens with zero attached hydrogens (tertiary/aromatic N) is 2. The average Bonchev–Trinajstić information content (AvgIpc) is 2.82. The summed E-state index contributed by atoms with van der Waals surface area (Å²) < 4.78 is 7.68. The van der Waals surface area contributed by atoms with E-state index >= 15 is 0 Å². The van der Waals surface area contributed by atoms with E-state index in [2.05, 4.69) is 4.98 Å². The van der Waals surface area contributed by atoms with Crippen LogP contribution in [0.5, 0.6) is 5.75 Å². The molecule has 1 aromatic heterocycles. The van der Waals surface area contributed by atoms with Crippen LogP contribution in [0.25, 0.3) is 0 Å². The van der Waals surface area contributed by atoms with Crippen LogP contribution in [0.2, 0.25) is 5.02 Å². The van der Waals surface area contributed by atoms with Crippen molar-refractivity contribution in [2.75, 3.05) is 6.61 Å². The van der Waals surface area contributed by atoms with Gasteiger partial charge in [-0.15, -0.1) is 0 Å². The first kappa shape index (κ1) is 12.0. The standard InChI is InChI=1S/C13H15ClN2O/c1-11-3-4-12(14)13(9-11)17-8-2-6-16-7-5-15-10-16/h3-5,7,9-10H,2,6,8H2,1H3. The predicted octanol–water partition coefficient (Wildman–Crippen LogP) is 3.31. The minimum absolute atomic E-state index is 0.654. The molecule has 0 N–H and O–H groups in total. The fourth-order valence-corrected chi connectivity index (χ4v) is 1.74.